The van der Waals surface area contributed by atoms with Crippen LogP contribution in [0.15, 0.2) is 12.1 Å². The highest BCUT2D eigenvalue weighted by Gasteiger charge is 2.32. The maximum Gasteiger partial charge on any atom is 0.405 e. The number of anilines is 2. The van der Waals surface area contributed by atoms with Gasteiger partial charge in [0.15, 0.2) is 0 Å². The molecule has 0 aliphatic heterocycles. The van der Waals surface area contributed by atoms with Crippen LogP contribution in [-0.4, -0.2) is 36.7 Å². The molecular weight excluding hydrogens is 253 g/mol. The molecule has 18 heavy (non-hydrogen) atoms. The van der Waals surface area contributed by atoms with Crippen LogP contribution < -0.4 is 10.2 Å². The molecule has 9 heteroatoms. The van der Waals surface area contributed by atoms with Crippen LogP contribution in [0.25, 0.3) is 0 Å². The van der Waals surface area contributed by atoms with Crippen molar-refractivity contribution in [2.45, 2.75) is 6.18 Å². The zero-order valence-electron chi connectivity index (χ0n) is 9.65. The first-order valence-electron chi connectivity index (χ1n) is 4.85. The zero-order chi connectivity index (χ0) is 13.9. The molecule has 1 aromatic rings. The summed E-state index contributed by atoms with van der Waals surface area (Å²) in [5.74, 6) is -0.0752. The lowest BCUT2D eigenvalue weighted by Gasteiger charge is -2.20. The molecule has 100 valence electrons. The van der Waals surface area contributed by atoms with Gasteiger partial charge in [-0.15, -0.1) is 0 Å². The molecule has 0 aromatic carbocycles. The first-order chi connectivity index (χ1) is 8.24. The Kier molecular flexibility index (Phi) is 3.94. The van der Waals surface area contributed by atoms with Gasteiger partial charge >= 0.3 is 11.9 Å². The summed E-state index contributed by atoms with van der Waals surface area (Å²) < 4.78 is 36.8. The van der Waals surface area contributed by atoms with Crippen molar-refractivity contribution in [3.63, 3.8) is 0 Å². The minimum Gasteiger partial charge on any atom is -0.373 e. The van der Waals surface area contributed by atoms with Crippen molar-refractivity contribution in [1.82, 2.24) is 4.98 Å². The number of nitrogens with zero attached hydrogens (tertiary/aromatic N) is 3. The van der Waals surface area contributed by atoms with Crippen molar-refractivity contribution in [1.29, 1.82) is 0 Å². The third kappa shape index (κ3) is 3.47. The average Bonchev–Trinajstić information content (AvgIpc) is 2.25. The van der Waals surface area contributed by atoms with E-state index in [-0.39, 0.29) is 11.6 Å². The van der Waals surface area contributed by atoms with Crippen molar-refractivity contribution < 1.29 is 18.1 Å². The molecule has 0 aliphatic carbocycles. The lowest BCUT2D eigenvalue weighted by Crippen LogP contribution is -2.32. The first-order valence-corrected chi connectivity index (χ1v) is 4.85. The molecule has 0 unspecified atom stereocenters. The van der Waals surface area contributed by atoms with Gasteiger partial charge in [-0.25, -0.2) is 4.98 Å². The second-order valence-corrected chi connectivity index (χ2v) is 3.52. The van der Waals surface area contributed by atoms with Crippen molar-refractivity contribution in [2.24, 2.45) is 0 Å². The summed E-state index contributed by atoms with van der Waals surface area (Å²) >= 11 is 0. The van der Waals surface area contributed by atoms with Crippen LogP contribution in [0.5, 0.6) is 0 Å². The van der Waals surface area contributed by atoms with Crippen LogP contribution in [-0.2, 0) is 0 Å². The molecule has 0 aliphatic rings. The Morgan fingerprint density at radius 3 is 2.56 bits per heavy atom. The highest BCUT2D eigenvalue weighted by molar-refractivity contribution is 5.61. The highest BCUT2D eigenvalue weighted by atomic mass is 19.4. The van der Waals surface area contributed by atoms with E-state index in [2.05, 4.69) is 10.3 Å². The lowest BCUT2D eigenvalue weighted by molar-refractivity contribution is -0.384. The highest BCUT2D eigenvalue weighted by Crippen LogP contribution is 2.29. The summed E-state index contributed by atoms with van der Waals surface area (Å²) in [5.41, 5.74) is -0.472. The van der Waals surface area contributed by atoms with Crippen LogP contribution in [0.3, 0.4) is 0 Å². The summed E-state index contributed by atoms with van der Waals surface area (Å²) in [6.45, 7) is -1.31. The Bertz CT molecular complexity index is 450. The predicted molar refractivity (Wildman–Crippen MR) is 59.8 cm³/mol. The molecule has 1 aromatic heterocycles. The largest absolute Gasteiger partial charge is 0.405 e. The standard InChI is InChI=1S/C9H11F3N4O2/c1-13-7-4-3-6(16(17)18)8(14-7)15(2)5-9(10,11)12/h3-4H,5H2,1-2H3,(H,13,14). The summed E-state index contributed by atoms with van der Waals surface area (Å²) in [6, 6.07) is 2.43. The van der Waals surface area contributed by atoms with Crippen LogP contribution in [0.4, 0.5) is 30.5 Å². The van der Waals surface area contributed by atoms with E-state index in [1.165, 1.54) is 13.1 Å². The molecule has 1 heterocycles. The molecule has 0 spiro atoms. The van der Waals surface area contributed by atoms with Gasteiger partial charge in [0.05, 0.1) is 4.92 Å². The van der Waals surface area contributed by atoms with Crippen LogP contribution >= 0.6 is 0 Å². The minimum atomic E-state index is -4.46. The quantitative estimate of drug-likeness (QED) is 0.665. The van der Waals surface area contributed by atoms with Crippen molar-refractivity contribution in [3.8, 4) is 0 Å². The fourth-order valence-electron chi connectivity index (χ4n) is 1.35. The average molecular weight is 264 g/mol. The Labute approximate surface area is 101 Å². The number of hydrogen-bond donors (Lipinski definition) is 1. The molecule has 0 radical (unpaired) electrons. The molecule has 0 fully saturated rings. The SMILES string of the molecule is CNc1ccc([N+](=O)[O-])c(N(C)CC(F)(F)F)n1. The molecular formula is C9H11F3N4O2. The van der Waals surface area contributed by atoms with Gasteiger partial charge < -0.3 is 10.2 Å². The number of aromatic nitrogens is 1. The summed E-state index contributed by atoms with van der Waals surface area (Å²) in [6.07, 6.45) is -4.46. The molecule has 1 N–H and O–H groups in total. The Morgan fingerprint density at radius 1 is 1.50 bits per heavy atom. The summed E-state index contributed by atoms with van der Waals surface area (Å²) in [7, 11) is 2.62. The second kappa shape index (κ2) is 5.07. The molecule has 0 amide bonds. The van der Waals surface area contributed by atoms with E-state index in [0.717, 1.165) is 13.1 Å². The van der Waals surface area contributed by atoms with Gasteiger partial charge in [-0.2, -0.15) is 13.2 Å². The van der Waals surface area contributed by atoms with E-state index in [0.29, 0.717) is 4.90 Å². The third-order valence-electron chi connectivity index (χ3n) is 2.09. The third-order valence-corrected chi connectivity index (χ3v) is 2.09. The second-order valence-electron chi connectivity index (χ2n) is 3.52. The number of alkyl halides is 3. The predicted octanol–water partition coefficient (Wildman–Crippen LogP) is 2.03. The van der Waals surface area contributed by atoms with Gasteiger partial charge in [-0.05, 0) is 6.07 Å². The number of nitro groups is 1. The fourth-order valence-corrected chi connectivity index (χ4v) is 1.35. The monoisotopic (exact) mass is 264 g/mol. The maximum absolute atomic E-state index is 12.3. The Hall–Kier alpha value is -2.06. The van der Waals surface area contributed by atoms with Crippen molar-refractivity contribution in [2.75, 3.05) is 30.9 Å². The van der Waals surface area contributed by atoms with E-state index in [1.807, 2.05) is 0 Å². The first kappa shape index (κ1) is 14.0. The molecule has 0 saturated carbocycles. The van der Waals surface area contributed by atoms with Crippen LogP contribution in [0, 0.1) is 10.1 Å². The molecule has 0 atom stereocenters. The lowest BCUT2D eigenvalue weighted by atomic mass is 10.3. The van der Waals surface area contributed by atoms with Crippen LogP contribution in [0.1, 0.15) is 0 Å². The van der Waals surface area contributed by atoms with E-state index in [1.54, 1.807) is 0 Å². The summed E-state index contributed by atoms with van der Waals surface area (Å²) in [5, 5.41) is 13.3. The van der Waals surface area contributed by atoms with Crippen LogP contribution in [0.2, 0.25) is 0 Å². The van der Waals surface area contributed by atoms with E-state index < -0.39 is 23.3 Å². The van der Waals surface area contributed by atoms with Gasteiger partial charge in [-0.1, -0.05) is 0 Å². The minimum absolute atomic E-state index is 0.254. The van der Waals surface area contributed by atoms with Crippen molar-refractivity contribution in [3.05, 3.63) is 22.2 Å². The van der Waals surface area contributed by atoms with E-state index >= 15 is 0 Å². The molecule has 1 rings (SSSR count). The van der Waals surface area contributed by atoms with Gasteiger partial charge in [0.25, 0.3) is 0 Å². The maximum atomic E-state index is 12.3. The number of pyridine rings is 1. The molecule has 0 bridgehead atoms. The number of hydrogen-bond acceptors (Lipinski definition) is 5. The summed E-state index contributed by atoms with van der Waals surface area (Å²) in [4.78, 5) is 14.4. The Balaban J connectivity index is 3.14. The molecule has 6 nitrogen and oxygen atoms in total. The topological polar surface area (TPSA) is 71.3 Å². The normalized spacial score (nSPS) is 11.2. The Morgan fingerprint density at radius 2 is 2.11 bits per heavy atom. The van der Waals surface area contributed by atoms with E-state index in [4.69, 9.17) is 0 Å². The fraction of sp³-hybridized carbons (Fsp3) is 0.444. The van der Waals surface area contributed by atoms with Gasteiger partial charge in [-0.3, -0.25) is 10.1 Å². The zero-order valence-corrected chi connectivity index (χ0v) is 9.65. The van der Waals surface area contributed by atoms with Gasteiger partial charge in [0.2, 0.25) is 5.82 Å². The van der Waals surface area contributed by atoms with Gasteiger partial charge in [0, 0.05) is 20.2 Å². The number of rotatable bonds is 4. The number of halogens is 3. The van der Waals surface area contributed by atoms with E-state index in [9.17, 15) is 23.3 Å². The molecule has 0 saturated heterocycles. The smallest absolute Gasteiger partial charge is 0.373 e. The van der Waals surface area contributed by atoms with Gasteiger partial charge in [0.1, 0.15) is 12.4 Å². The number of nitrogens with one attached hydrogen (secondary N) is 1. The van der Waals surface area contributed by atoms with Crippen molar-refractivity contribution >= 4 is 17.3 Å².